The predicted octanol–water partition coefficient (Wildman–Crippen LogP) is 3.13. The van der Waals surface area contributed by atoms with Gasteiger partial charge in [0.25, 0.3) is 0 Å². The molecule has 108 valence electrons. The van der Waals surface area contributed by atoms with Crippen molar-refractivity contribution in [3.63, 3.8) is 0 Å². The van der Waals surface area contributed by atoms with Crippen LogP contribution in [0.5, 0.6) is 0 Å². The second-order valence-electron chi connectivity index (χ2n) is 5.58. The van der Waals surface area contributed by atoms with Gasteiger partial charge in [-0.3, -0.25) is 0 Å². The number of fused-ring (bicyclic) bond motifs is 1. The minimum atomic E-state index is -0.179. The molecule has 4 heteroatoms. The zero-order valence-electron chi connectivity index (χ0n) is 11.8. The molecule has 2 N–H and O–H groups in total. The number of aromatic amines is 1. The lowest BCUT2D eigenvalue weighted by molar-refractivity contribution is 0.0662. The van der Waals surface area contributed by atoms with E-state index >= 15 is 0 Å². The molecule has 1 aromatic heterocycles. The van der Waals surface area contributed by atoms with Crippen molar-refractivity contribution in [2.45, 2.75) is 26.3 Å². The highest BCUT2D eigenvalue weighted by Gasteiger charge is 2.14. The Morgan fingerprint density at radius 2 is 2.15 bits per heavy atom. The van der Waals surface area contributed by atoms with Crippen molar-refractivity contribution in [3.05, 3.63) is 35.3 Å². The molecule has 0 amide bonds. The summed E-state index contributed by atoms with van der Waals surface area (Å²) in [6, 6.07) is 5.22. The SMILES string of the molecule is Cc1c(CNCC2CCOCC2)[nH]c2c(F)cccc12. The normalized spacial score (nSPS) is 16.9. The maximum absolute atomic E-state index is 13.7. The van der Waals surface area contributed by atoms with Crippen LogP contribution in [0.15, 0.2) is 18.2 Å². The number of ether oxygens (including phenoxy) is 1. The molecular weight excluding hydrogens is 255 g/mol. The number of H-pyrrole nitrogens is 1. The lowest BCUT2D eigenvalue weighted by Gasteiger charge is -2.22. The molecule has 0 unspecified atom stereocenters. The Balaban J connectivity index is 1.65. The molecule has 0 spiro atoms. The van der Waals surface area contributed by atoms with Crippen molar-refractivity contribution in [2.75, 3.05) is 19.8 Å². The summed E-state index contributed by atoms with van der Waals surface area (Å²) in [5.74, 6) is 0.520. The third-order valence-electron chi connectivity index (χ3n) is 4.22. The van der Waals surface area contributed by atoms with Gasteiger partial charge in [0.15, 0.2) is 0 Å². The summed E-state index contributed by atoms with van der Waals surface area (Å²) in [4.78, 5) is 3.21. The van der Waals surface area contributed by atoms with E-state index < -0.39 is 0 Å². The van der Waals surface area contributed by atoms with Crippen LogP contribution in [-0.2, 0) is 11.3 Å². The summed E-state index contributed by atoms with van der Waals surface area (Å²) in [6.45, 7) is 5.56. The molecule has 0 atom stereocenters. The van der Waals surface area contributed by atoms with Crippen LogP contribution in [0.4, 0.5) is 4.39 Å². The van der Waals surface area contributed by atoms with Crippen LogP contribution >= 0.6 is 0 Å². The van der Waals surface area contributed by atoms with E-state index in [4.69, 9.17) is 4.74 Å². The summed E-state index contributed by atoms with van der Waals surface area (Å²) in [6.07, 6.45) is 2.26. The Bertz CT molecular complexity index is 587. The van der Waals surface area contributed by atoms with Crippen LogP contribution in [0.3, 0.4) is 0 Å². The van der Waals surface area contributed by atoms with Crippen molar-refractivity contribution in [1.82, 2.24) is 10.3 Å². The van der Waals surface area contributed by atoms with Crippen molar-refractivity contribution in [1.29, 1.82) is 0 Å². The zero-order valence-corrected chi connectivity index (χ0v) is 11.8. The van der Waals surface area contributed by atoms with Gasteiger partial charge in [-0.15, -0.1) is 0 Å². The highest BCUT2D eigenvalue weighted by Crippen LogP contribution is 2.23. The molecule has 0 radical (unpaired) electrons. The number of aromatic nitrogens is 1. The Hall–Kier alpha value is -1.39. The monoisotopic (exact) mass is 276 g/mol. The van der Waals surface area contributed by atoms with E-state index in [1.807, 2.05) is 13.0 Å². The first-order valence-corrected chi connectivity index (χ1v) is 7.30. The molecule has 0 saturated carbocycles. The van der Waals surface area contributed by atoms with E-state index in [1.165, 1.54) is 6.07 Å². The number of aryl methyl sites for hydroxylation is 1. The number of rotatable bonds is 4. The van der Waals surface area contributed by atoms with Gasteiger partial charge in [0.05, 0.1) is 5.52 Å². The van der Waals surface area contributed by atoms with Gasteiger partial charge in [-0.05, 0) is 43.9 Å². The second-order valence-corrected chi connectivity index (χ2v) is 5.58. The number of halogens is 1. The number of benzene rings is 1. The van der Waals surface area contributed by atoms with Crippen molar-refractivity contribution in [2.24, 2.45) is 5.92 Å². The second kappa shape index (κ2) is 5.94. The number of nitrogens with one attached hydrogen (secondary N) is 2. The first kappa shape index (κ1) is 13.6. The number of hydrogen-bond donors (Lipinski definition) is 2. The Kier molecular flexibility index (Phi) is 4.03. The lowest BCUT2D eigenvalue weighted by atomic mass is 10.0. The topological polar surface area (TPSA) is 37.0 Å². The van der Waals surface area contributed by atoms with E-state index in [0.29, 0.717) is 11.4 Å². The molecule has 1 saturated heterocycles. The third-order valence-corrected chi connectivity index (χ3v) is 4.22. The maximum Gasteiger partial charge on any atom is 0.147 e. The van der Waals surface area contributed by atoms with Gasteiger partial charge in [-0.2, -0.15) is 0 Å². The molecule has 1 aromatic carbocycles. The van der Waals surface area contributed by atoms with E-state index in [9.17, 15) is 4.39 Å². The molecule has 1 aliphatic heterocycles. The van der Waals surface area contributed by atoms with E-state index in [0.717, 1.165) is 55.8 Å². The minimum absolute atomic E-state index is 0.179. The molecular formula is C16H21FN2O. The molecule has 1 aliphatic rings. The summed E-state index contributed by atoms with van der Waals surface area (Å²) < 4.78 is 19.1. The van der Waals surface area contributed by atoms with Gasteiger partial charge in [-0.1, -0.05) is 12.1 Å². The largest absolute Gasteiger partial charge is 0.381 e. The predicted molar refractivity (Wildman–Crippen MR) is 78.2 cm³/mol. The molecule has 1 fully saturated rings. The van der Waals surface area contributed by atoms with Gasteiger partial charge in [0.2, 0.25) is 0 Å². The fourth-order valence-electron chi connectivity index (χ4n) is 2.90. The highest BCUT2D eigenvalue weighted by atomic mass is 19.1. The summed E-state index contributed by atoms with van der Waals surface area (Å²) in [5.41, 5.74) is 2.84. The van der Waals surface area contributed by atoms with Gasteiger partial charge in [-0.25, -0.2) is 4.39 Å². The fourth-order valence-corrected chi connectivity index (χ4v) is 2.90. The quantitative estimate of drug-likeness (QED) is 0.900. The standard InChI is InChI=1S/C16H21FN2O/c1-11-13-3-2-4-14(17)16(13)19-15(11)10-18-9-12-5-7-20-8-6-12/h2-4,12,18-19H,5-10H2,1H3. The van der Waals surface area contributed by atoms with Gasteiger partial charge in [0, 0.05) is 30.8 Å². The highest BCUT2D eigenvalue weighted by molar-refractivity contribution is 5.84. The molecule has 3 rings (SSSR count). The van der Waals surface area contributed by atoms with E-state index in [2.05, 4.69) is 10.3 Å². The van der Waals surface area contributed by atoms with Gasteiger partial charge < -0.3 is 15.0 Å². The first-order valence-electron chi connectivity index (χ1n) is 7.30. The van der Waals surface area contributed by atoms with Gasteiger partial charge >= 0.3 is 0 Å². The van der Waals surface area contributed by atoms with Crippen molar-refractivity contribution >= 4 is 10.9 Å². The first-order chi connectivity index (χ1) is 9.75. The van der Waals surface area contributed by atoms with E-state index in [1.54, 1.807) is 6.07 Å². The minimum Gasteiger partial charge on any atom is -0.381 e. The summed E-state index contributed by atoms with van der Waals surface area (Å²) >= 11 is 0. The van der Waals surface area contributed by atoms with Crippen molar-refractivity contribution in [3.8, 4) is 0 Å². The Morgan fingerprint density at radius 3 is 2.90 bits per heavy atom. The summed E-state index contributed by atoms with van der Waals surface area (Å²) in [5, 5.41) is 4.46. The average molecular weight is 276 g/mol. The molecule has 2 heterocycles. The molecule has 0 aliphatic carbocycles. The fraction of sp³-hybridized carbons (Fsp3) is 0.500. The van der Waals surface area contributed by atoms with E-state index in [-0.39, 0.29) is 5.82 Å². The average Bonchev–Trinajstić information content (AvgIpc) is 2.79. The summed E-state index contributed by atoms with van der Waals surface area (Å²) in [7, 11) is 0. The Morgan fingerprint density at radius 1 is 1.35 bits per heavy atom. The third kappa shape index (κ3) is 2.72. The van der Waals surface area contributed by atoms with Crippen LogP contribution in [0, 0.1) is 18.7 Å². The maximum atomic E-state index is 13.7. The van der Waals surface area contributed by atoms with Gasteiger partial charge in [0.1, 0.15) is 5.82 Å². The zero-order chi connectivity index (χ0) is 13.9. The van der Waals surface area contributed by atoms with Crippen LogP contribution in [0.25, 0.3) is 10.9 Å². The smallest absolute Gasteiger partial charge is 0.147 e. The lowest BCUT2D eigenvalue weighted by Crippen LogP contribution is -2.27. The molecule has 3 nitrogen and oxygen atoms in total. The Labute approximate surface area is 118 Å². The molecule has 0 bridgehead atoms. The number of para-hydroxylation sites is 1. The molecule has 2 aromatic rings. The van der Waals surface area contributed by atoms with Crippen LogP contribution in [0.2, 0.25) is 0 Å². The van der Waals surface area contributed by atoms with Crippen molar-refractivity contribution < 1.29 is 9.13 Å². The van der Waals surface area contributed by atoms with Crippen LogP contribution < -0.4 is 5.32 Å². The van der Waals surface area contributed by atoms with Crippen LogP contribution in [-0.4, -0.2) is 24.7 Å². The van der Waals surface area contributed by atoms with Crippen LogP contribution in [0.1, 0.15) is 24.1 Å². The number of hydrogen-bond acceptors (Lipinski definition) is 2. The molecule has 20 heavy (non-hydrogen) atoms.